The second-order valence-corrected chi connectivity index (χ2v) is 12.1. The molecule has 1 unspecified atom stereocenters. The summed E-state index contributed by atoms with van der Waals surface area (Å²) in [5.41, 5.74) is 0.669. The van der Waals surface area contributed by atoms with Crippen molar-refractivity contribution in [3.8, 4) is 5.19 Å². The molecule has 0 bridgehead atoms. The minimum atomic E-state index is -3.31. The number of aromatic nitrogens is 1. The summed E-state index contributed by atoms with van der Waals surface area (Å²) in [6.45, 7) is 4.38. The topological polar surface area (TPSA) is 84.0 Å². The molecule has 0 saturated carbocycles. The van der Waals surface area contributed by atoms with Gasteiger partial charge in [-0.2, -0.15) is 0 Å². The molecule has 136 valence electrons. The van der Waals surface area contributed by atoms with Gasteiger partial charge < -0.3 is 17.6 Å². The molecule has 0 spiro atoms. The van der Waals surface area contributed by atoms with Crippen LogP contribution in [-0.4, -0.2) is 31.3 Å². The van der Waals surface area contributed by atoms with E-state index in [1.54, 1.807) is 13.8 Å². The molecular weight excluding hydrogens is 393 g/mol. The molecule has 0 amide bonds. The summed E-state index contributed by atoms with van der Waals surface area (Å²) < 4.78 is 33.6. The maximum Gasteiger partial charge on any atom is 0.413 e. The molecule has 7 nitrogen and oxygen atoms in total. The number of esters is 1. The van der Waals surface area contributed by atoms with Gasteiger partial charge in [0.1, 0.15) is 29.2 Å². The van der Waals surface area contributed by atoms with Crippen LogP contribution in [0.4, 0.5) is 0 Å². The Morgan fingerprint density at radius 2 is 2.00 bits per heavy atom. The molecule has 1 aromatic rings. The maximum absolute atomic E-state index is 12.8. The lowest BCUT2D eigenvalue weighted by Gasteiger charge is -2.18. The number of thiazole rings is 1. The summed E-state index contributed by atoms with van der Waals surface area (Å²) in [6, 6.07) is 0. The molecule has 1 heterocycles. The summed E-state index contributed by atoms with van der Waals surface area (Å²) in [4.78, 5) is 17.3. The lowest BCUT2D eigenvalue weighted by Crippen LogP contribution is -2.19. The van der Waals surface area contributed by atoms with Gasteiger partial charge in [-0.3, -0.25) is 4.79 Å². The highest BCUT2D eigenvalue weighted by Gasteiger charge is 2.35. The molecule has 11 heteroatoms. The van der Waals surface area contributed by atoms with E-state index in [4.69, 9.17) is 17.6 Å². The maximum atomic E-state index is 12.8. The Kier molecular flexibility index (Phi) is 7.90. The van der Waals surface area contributed by atoms with Crippen molar-refractivity contribution in [1.82, 2.24) is 4.98 Å². The van der Waals surface area contributed by atoms with Crippen molar-refractivity contribution < 1.29 is 27.0 Å². The number of nitrogens with zero attached hydrogens (tertiary/aromatic N) is 1. The van der Waals surface area contributed by atoms with Crippen LogP contribution in [0.3, 0.4) is 0 Å². The predicted octanol–water partition coefficient (Wildman–Crippen LogP) is 4.59. The van der Waals surface area contributed by atoms with Gasteiger partial charge in [-0.25, -0.2) is 9.55 Å². The highest BCUT2D eigenvalue weighted by atomic mass is 33.1. The SMILES string of the molecule is CCOSP(=O)(Oc1nc2c(s1)CCCC2C(=O)OC)SOCC. The van der Waals surface area contributed by atoms with Crippen LogP contribution in [0.15, 0.2) is 0 Å². The molecule has 1 atom stereocenters. The molecule has 0 aromatic carbocycles. The van der Waals surface area contributed by atoms with E-state index >= 15 is 0 Å². The van der Waals surface area contributed by atoms with Gasteiger partial charge in [0.05, 0.1) is 26.0 Å². The average molecular weight is 413 g/mol. The number of ether oxygens (including phenoxy) is 1. The number of aryl methyl sites for hydroxylation is 1. The van der Waals surface area contributed by atoms with E-state index < -0.39 is 5.77 Å². The number of methoxy groups -OCH3 is 1. The van der Waals surface area contributed by atoms with E-state index in [1.807, 2.05) is 0 Å². The van der Waals surface area contributed by atoms with Crippen molar-refractivity contribution in [2.75, 3.05) is 20.3 Å². The smallest absolute Gasteiger partial charge is 0.413 e. The van der Waals surface area contributed by atoms with Crippen molar-refractivity contribution in [2.45, 2.75) is 39.0 Å². The molecule has 0 fully saturated rings. The molecule has 2 rings (SSSR count). The second kappa shape index (κ2) is 9.45. The van der Waals surface area contributed by atoms with E-state index in [0.717, 1.165) is 41.0 Å². The van der Waals surface area contributed by atoms with Crippen molar-refractivity contribution >= 4 is 46.4 Å². The van der Waals surface area contributed by atoms with E-state index in [9.17, 15) is 9.36 Å². The third-order valence-corrected chi connectivity index (χ3v) is 8.98. The van der Waals surface area contributed by atoms with Gasteiger partial charge >= 0.3 is 11.7 Å². The fourth-order valence-electron chi connectivity index (χ4n) is 2.18. The first-order valence-electron chi connectivity index (χ1n) is 7.52. The standard InChI is InChI=1S/C13H20NO6PS3/c1-4-18-23-21(16,24-19-5-2)20-13-14-11-9(12(15)17-3)7-6-8-10(11)22-13/h9H,4-8H2,1-3H3. The number of hydrogen-bond donors (Lipinski definition) is 0. The fraction of sp³-hybridized carbons (Fsp3) is 0.692. The van der Waals surface area contributed by atoms with Crippen molar-refractivity contribution in [1.29, 1.82) is 0 Å². The number of carbonyl (C=O) groups excluding carboxylic acids is 1. The average Bonchev–Trinajstić information content (AvgIpc) is 2.99. The lowest BCUT2D eigenvalue weighted by molar-refractivity contribution is -0.142. The highest BCUT2D eigenvalue weighted by molar-refractivity contribution is 8.87. The molecule has 0 saturated heterocycles. The Labute approximate surface area is 153 Å². The normalized spacial score (nSPS) is 17.4. The van der Waals surface area contributed by atoms with Crippen LogP contribution in [0.5, 0.6) is 5.19 Å². The quantitative estimate of drug-likeness (QED) is 0.328. The zero-order valence-corrected chi connectivity index (χ0v) is 17.0. The minimum absolute atomic E-state index is 0.263. The largest absolute Gasteiger partial charge is 0.469 e. The van der Waals surface area contributed by atoms with Gasteiger partial charge in [0.15, 0.2) is 0 Å². The second-order valence-electron chi connectivity index (χ2n) is 4.76. The third kappa shape index (κ3) is 5.12. The van der Waals surface area contributed by atoms with Crippen LogP contribution in [-0.2, 0) is 28.9 Å². The zero-order valence-electron chi connectivity index (χ0n) is 13.7. The van der Waals surface area contributed by atoms with E-state index in [-0.39, 0.29) is 17.1 Å². The van der Waals surface area contributed by atoms with Crippen LogP contribution in [0.1, 0.15) is 43.2 Å². The molecule has 1 aliphatic rings. The number of rotatable bonds is 9. The summed E-state index contributed by atoms with van der Waals surface area (Å²) in [5, 5.41) is 0.263. The molecule has 0 N–H and O–H groups in total. The van der Waals surface area contributed by atoms with Crippen molar-refractivity contribution in [3.63, 3.8) is 0 Å². The summed E-state index contributed by atoms with van der Waals surface area (Å²) in [5.74, 6) is -4.00. The Bertz CT molecular complexity index is 599. The molecule has 24 heavy (non-hydrogen) atoms. The fourth-order valence-corrected chi connectivity index (χ4v) is 7.69. The molecule has 1 aliphatic carbocycles. The van der Waals surface area contributed by atoms with Gasteiger partial charge in [0, 0.05) is 4.88 Å². The first kappa shape index (κ1) is 20.1. The third-order valence-electron chi connectivity index (χ3n) is 3.13. The Hall–Kier alpha value is -0.250. The Morgan fingerprint density at radius 1 is 1.33 bits per heavy atom. The molecule has 1 aromatic heterocycles. The summed E-state index contributed by atoms with van der Waals surface area (Å²) in [7, 11) is 1.37. The van der Waals surface area contributed by atoms with Crippen molar-refractivity contribution in [2.24, 2.45) is 0 Å². The van der Waals surface area contributed by atoms with Gasteiger partial charge in [-0.05, 0) is 33.1 Å². The number of fused-ring (bicyclic) bond motifs is 1. The van der Waals surface area contributed by atoms with Crippen LogP contribution >= 0.6 is 40.4 Å². The first-order valence-corrected chi connectivity index (χ1v) is 12.7. The van der Waals surface area contributed by atoms with Gasteiger partial charge in [-0.15, -0.1) is 0 Å². The highest BCUT2D eigenvalue weighted by Crippen LogP contribution is 2.70. The number of carbonyl (C=O) groups is 1. The van der Waals surface area contributed by atoms with E-state index in [1.165, 1.54) is 18.4 Å². The van der Waals surface area contributed by atoms with Crippen molar-refractivity contribution in [3.05, 3.63) is 10.6 Å². The Balaban J connectivity index is 2.18. The molecule has 0 radical (unpaired) electrons. The zero-order chi connectivity index (χ0) is 17.6. The minimum Gasteiger partial charge on any atom is -0.469 e. The van der Waals surface area contributed by atoms with Crippen LogP contribution in [0, 0.1) is 0 Å². The lowest BCUT2D eigenvalue weighted by atomic mass is 9.91. The monoisotopic (exact) mass is 413 g/mol. The van der Waals surface area contributed by atoms with Crippen LogP contribution in [0.25, 0.3) is 0 Å². The number of hydrogen-bond acceptors (Lipinski definition) is 10. The van der Waals surface area contributed by atoms with Crippen LogP contribution < -0.4 is 4.52 Å². The van der Waals surface area contributed by atoms with Gasteiger partial charge in [0.2, 0.25) is 0 Å². The summed E-state index contributed by atoms with van der Waals surface area (Å²) in [6.07, 6.45) is 2.40. The van der Waals surface area contributed by atoms with Gasteiger partial charge in [-0.1, -0.05) is 11.3 Å². The first-order chi connectivity index (χ1) is 11.5. The van der Waals surface area contributed by atoms with Gasteiger partial charge in [0.25, 0.3) is 5.19 Å². The summed E-state index contributed by atoms with van der Waals surface area (Å²) >= 11 is 2.83. The van der Waals surface area contributed by atoms with E-state index in [2.05, 4.69) is 4.98 Å². The van der Waals surface area contributed by atoms with Crippen LogP contribution in [0.2, 0.25) is 0 Å². The predicted molar refractivity (Wildman–Crippen MR) is 96.5 cm³/mol. The molecular formula is C13H20NO6PS3. The Morgan fingerprint density at radius 3 is 2.58 bits per heavy atom. The van der Waals surface area contributed by atoms with E-state index in [0.29, 0.717) is 25.3 Å². The molecule has 0 aliphatic heterocycles.